The lowest BCUT2D eigenvalue weighted by atomic mass is 10.1. The molecule has 104 valence electrons. The molecule has 0 unspecified atom stereocenters. The zero-order valence-electron chi connectivity index (χ0n) is 11.2. The number of aryl methyl sites for hydroxylation is 1. The van der Waals surface area contributed by atoms with E-state index in [2.05, 4.69) is 10.3 Å². The van der Waals surface area contributed by atoms with Gasteiger partial charge in [0, 0.05) is 12.2 Å². The average molecular weight is 289 g/mol. The monoisotopic (exact) mass is 289 g/mol. The van der Waals surface area contributed by atoms with Crippen molar-refractivity contribution >= 4 is 23.0 Å². The first-order valence-electron chi connectivity index (χ1n) is 6.32. The Morgan fingerprint density at radius 3 is 2.85 bits per heavy atom. The van der Waals surface area contributed by atoms with Crippen molar-refractivity contribution in [2.24, 2.45) is 5.73 Å². The van der Waals surface area contributed by atoms with E-state index in [4.69, 9.17) is 18.0 Å². The Morgan fingerprint density at radius 2 is 2.15 bits per heavy atom. The molecule has 3 N–H and O–H groups in total. The van der Waals surface area contributed by atoms with E-state index in [1.807, 2.05) is 25.1 Å². The van der Waals surface area contributed by atoms with Gasteiger partial charge in [-0.1, -0.05) is 24.4 Å². The Morgan fingerprint density at radius 1 is 1.35 bits per heavy atom. The SMILES string of the molecule is Cc1ccc(C(N)=S)c(NCCc2cccc(F)c2)n1. The quantitative estimate of drug-likeness (QED) is 0.831. The normalized spacial score (nSPS) is 10.3. The number of aromatic nitrogens is 1. The third kappa shape index (κ3) is 3.74. The number of pyridine rings is 1. The molecule has 0 fully saturated rings. The number of rotatable bonds is 5. The second-order valence-corrected chi connectivity index (χ2v) is 4.96. The van der Waals surface area contributed by atoms with Crippen LogP contribution in [0.4, 0.5) is 10.2 Å². The van der Waals surface area contributed by atoms with E-state index in [0.29, 0.717) is 23.8 Å². The third-order valence-corrected chi connectivity index (χ3v) is 3.11. The number of nitrogens with two attached hydrogens (primary N) is 1. The molecule has 5 heteroatoms. The molecule has 20 heavy (non-hydrogen) atoms. The fourth-order valence-corrected chi connectivity index (χ4v) is 2.07. The van der Waals surface area contributed by atoms with Gasteiger partial charge in [0.1, 0.15) is 16.6 Å². The summed E-state index contributed by atoms with van der Waals surface area (Å²) in [6, 6.07) is 10.3. The molecule has 2 rings (SSSR count). The molecule has 1 aromatic heterocycles. The molecule has 0 amide bonds. The summed E-state index contributed by atoms with van der Waals surface area (Å²) in [6.45, 7) is 2.54. The molecule has 0 saturated heterocycles. The van der Waals surface area contributed by atoms with Gasteiger partial charge >= 0.3 is 0 Å². The van der Waals surface area contributed by atoms with Crippen molar-refractivity contribution in [1.82, 2.24) is 4.98 Å². The smallest absolute Gasteiger partial charge is 0.136 e. The molecule has 0 bridgehead atoms. The molecule has 0 radical (unpaired) electrons. The van der Waals surface area contributed by atoms with Crippen LogP contribution in [0.15, 0.2) is 36.4 Å². The number of halogens is 1. The molecule has 1 aromatic carbocycles. The highest BCUT2D eigenvalue weighted by molar-refractivity contribution is 7.80. The predicted molar refractivity (Wildman–Crippen MR) is 83.5 cm³/mol. The van der Waals surface area contributed by atoms with Crippen LogP contribution in [-0.2, 0) is 6.42 Å². The van der Waals surface area contributed by atoms with Crippen molar-refractivity contribution in [3.63, 3.8) is 0 Å². The van der Waals surface area contributed by atoms with Gasteiger partial charge in [-0.05, 0) is 43.2 Å². The Balaban J connectivity index is 2.04. The first kappa shape index (κ1) is 14.4. The summed E-state index contributed by atoms with van der Waals surface area (Å²) >= 11 is 5.00. The van der Waals surface area contributed by atoms with Gasteiger partial charge in [0.25, 0.3) is 0 Å². The molecule has 0 atom stereocenters. The van der Waals surface area contributed by atoms with Crippen molar-refractivity contribution < 1.29 is 4.39 Å². The van der Waals surface area contributed by atoms with Crippen LogP contribution < -0.4 is 11.1 Å². The lowest BCUT2D eigenvalue weighted by Gasteiger charge is -2.11. The van der Waals surface area contributed by atoms with E-state index in [1.54, 1.807) is 6.07 Å². The van der Waals surface area contributed by atoms with Crippen molar-refractivity contribution in [1.29, 1.82) is 0 Å². The van der Waals surface area contributed by atoms with Gasteiger partial charge in [0.2, 0.25) is 0 Å². The number of nitrogens with zero attached hydrogens (tertiary/aromatic N) is 1. The van der Waals surface area contributed by atoms with Gasteiger partial charge in [-0.2, -0.15) is 0 Å². The standard InChI is InChI=1S/C15H16FN3S/c1-10-5-6-13(14(17)20)15(19-10)18-8-7-11-3-2-4-12(16)9-11/h2-6,9H,7-8H2,1H3,(H2,17,20)(H,18,19). The summed E-state index contributed by atoms with van der Waals surface area (Å²) in [6.07, 6.45) is 0.699. The fraction of sp³-hybridized carbons (Fsp3) is 0.200. The highest BCUT2D eigenvalue weighted by atomic mass is 32.1. The molecule has 0 spiro atoms. The third-order valence-electron chi connectivity index (χ3n) is 2.90. The number of hydrogen-bond acceptors (Lipinski definition) is 3. The van der Waals surface area contributed by atoms with Crippen molar-refractivity contribution in [2.75, 3.05) is 11.9 Å². The van der Waals surface area contributed by atoms with Crippen molar-refractivity contribution in [2.45, 2.75) is 13.3 Å². The van der Waals surface area contributed by atoms with E-state index >= 15 is 0 Å². The molecule has 0 aliphatic carbocycles. The van der Waals surface area contributed by atoms with Gasteiger partial charge < -0.3 is 11.1 Å². The lowest BCUT2D eigenvalue weighted by Crippen LogP contribution is -2.16. The minimum atomic E-state index is -0.222. The fourth-order valence-electron chi connectivity index (χ4n) is 1.91. The highest BCUT2D eigenvalue weighted by Crippen LogP contribution is 2.13. The summed E-state index contributed by atoms with van der Waals surface area (Å²) in [5.41, 5.74) is 8.22. The first-order chi connectivity index (χ1) is 9.56. The van der Waals surface area contributed by atoms with Crippen molar-refractivity contribution in [3.8, 4) is 0 Å². The van der Waals surface area contributed by atoms with Crippen LogP contribution in [-0.4, -0.2) is 16.5 Å². The summed E-state index contributed by atoms with van der Waals surface area (Å²) in [5, 5.41) is 3.20. The van der Waals surface area contributed by atoms with E-state index in [9.17, 15) is 4.39 Å². The Labute approximate surface area is 123 Å². The number of anilines is 1. The first-order valence-corrected chi connectivity index (χ1v) is 6.73. The highest BCUT2D eigenvalue weighted by Gasteiger charge is 2.06. The minimum absolute atomic E-state index is 0.222. The maximum atomic E-state index is 13.1. The number of hydrogen-bond donors (Lipinski definition) is 2. The van der Waals surface area contributed by atoms with E-state index in [1.165, 1.54) is 12.1 Å². The Kier molecular flexibility index (Phi) is 4.63. The zero-order chi connectivity index (χ0) is 14.5. The van der Waals surface area contributed by atoms with Crippen LogP contribution in [0, 0.1) is 12.7 Å². The van der Waals surface area contributed by atoms with Crippen molar-refractivity contribution in [3.05, 3.63) is 59.0 Å². The predicted octanol–water partition coefficient (Wildman–Crippen LogP) is 2.82. The molecular weight excluding hydrogens is 273 g/mol. The minimum Gasteiger partial charge on any atom is -0.389 e. The van der Waals surface area contributed by atoms with Crippen LogP contribution >= 0.6 is 12.2 Å². The number of nitrogens with one attached hydrogen (secondary N) is 1. The van der Waals surface area contributed by atoms with Gasteiger partial charge in [0.05, 0.1) is 5.56 Å². The molecule has 2 aromatic rings. The Bertz CT molecular complexity index is 628. The average Bonchev–Trinajstić information content (AvgIpc) is 2.38. The summed E-state index contributed by atoms with van der Waals surface area (Å²) in [4.78, 5) is 4.70. The molecule has 1 heterocycles. The van der Waals surface area contributed by atoms with Gasteiger partial charge in [-0.25, -0.2) is 9.37 Å². The Hall–Kier alpha value is -2.01. The van der Waals surface area contributed by atoms with E-state index < -0.39 is 0 Å². The second-order valence-electron chi connectivity index (χ2n) is 4.52. The largest absolute Gasteiger partial charge is 0.389 e. The van der Waals surface area contributed by atoms with Crippen LogP contribution in [0.25, 0.3) is 0 Å². The van der Waals surface area contributed by atoms with E-state index in [-0.39, 0.29) is 5.82 Å². The molecule has 0 saturated carbocycles. The summed E-state index contributed by atoms with van der Waals surface area (Å²) < 4.78 is 13.1. The lowest BCUT2D eigenvalue weighted by molar-refractivity contribution is 0.625. The van der Waals surface area contributed by atoms with Crippen LogP contribution in [0.5, 0.6) is 0 Å². The topological polar surface area (TPSA) is 50.9 Å². The van der Waals surface area contributed by atoms with Crippen LogP contribution in [0.3, 0.4) is 0 Å². The second kappa shape index (κ2) is 6.43. The molecule has 0 aliphatic rings. The molecule has 3 nitrogen and oxygen atoms in total. The molecular formula is C15H16FN3S. The van der Waals surface area contributed by atoms with Gasteiger partial charge in [0.15, 0.2) is 0 Å². The number of benzene rings is 1. The summed E-state index contributed by atoms with van der Waals surface area (Å²) in [5.74, 6) is 0.453. The molecule has 0 aliphatic heterocycles. The van der Waals surface area contributed by atoms with Crippen LogP contribution in [0.1, 0.15) is 16.8 Å². The van der Waals surface area contributed by atoms with Crippen LogP contribution in [0.2, 0.25) is 0 Å². The summed E-state index contributed by atoms with van der Waals surface area (Å²) in [7, 11) is 0. The van der Waals surface area contributed by atoms with Gasteiger partial charge in [-0.3, -0.25) is 0 Å². The maximum Gasteiger partial charge on any atom is 0.136 e. The zero-order valence-corrected chi connectivity index (χ0v) is 12.0. The van der Waals surface area contributed by atoms with Gasteiger partial charge in [-0.15, -0.1) is 0 Å². The maximum absolute atomic E-state index is 13.1. The van der Waals surface area contributed by atoms with E-state index in [0.717, 1.165) is 16.8 Å². The number of thiocarbonyl (C=S) groups is 1.